The largest absolute Gasteiger partial charge is 0.469 e. The van der Waals surface area contributed by atoms with Crippen LogP contribution in [0.3, 0.4) is 0 Å². The molecule has 48 heavy (non-hydrogen) atoms. The second kappa shape index (κ2) is 14.5. The molecule has 256 valence electrons. The van der Waals surface area contributed by atoms with Crippen LogP contribution in [0.2, 0.25) is 0 Å². The van der Waals surface area contributed by atoms with Crippen LogP contribution in [0.5, 0.6) is 0 Å². The number of hydrogen-bond donors (Lipinski definition) is 0. The lowest BCUT2D eigenvalue weighted by molar-refractivity contribution is -0.436. The van der Waals surface area contributed by atoms with E-state index in [1.165, 1.54) is 31.4 Å². The summed E-state index contributed by atoms with van der Waals surface area (Å²) >= 11 is 0. The van der Waals surface area contributed by atoms with Crippen molar-refractivity contribution in [3.05, 3.63) is 101 Å². The molecule has 2 aromatic carbocycles. The maximum Gasteiger partial charge on any atom is 0.311 e. The zero-order valence-corrected chi connectivity index (χ0v) is 30.2. The van der Waals surface area contributed by atoms with Crippen LogP contribution in [-0.2, 0) is 44.2 Å². The minimum absolute atomic E-state index is 0.0810. The van der Waals surface area contributed by atoms with E-state index in [2.05, 4.69) is 49.6 Å². The fourth-order valence-corrected chi connectivity index (χ4v) is 7.11. The van der Waals surface area contributed by atoms with Gasteiger partial charge in [0.1, 0.15) is 6.42 Å². The Kier molecular flexibility index (Phi) is 11.0. The van der Waals surface area contributed by atoms with Gasteiger partial charge >= 0.3 is 11.9 Å². The van der Waals surface area contributed by atoms with Crippen molar-refractivity contribution in [3.63, 3.8) is 0 Å². The fraction of sp³-hybridized carbons (Fsp3) is 0.395. The van der Waals surface area contributed by atoms with E-state index < -0.39 is 15.5 Å². The molecule has 0 amide bonds. The van der Waals surface area contributed by atoms with Crippen LogP contribution in [0.1, 0.15) is 64.2 Å². The lowest BCUT2D eigenvalue weighted by atomic mass is 9.81. The molecule has 0 radical (unpaired) electrons. The zero-order valence-electron chi connectivity index (χ0n) is 29.4. The molecular weight excluding hydrogens is 628 g/mol. The molecule has 2 aliphatic heterocycles. The summed E-state index contributed by atoms with van der Waals surface area (Å²) in [6, 6.07) is 11.4. The molecule has 0 saturated carbocycles. The third-order valence-corrected chi connectivity index (χ3v) is 10.4. The molecule has 0 saturated heterocycles. The van der Waals surface area contributed by atoms with E-state index >= 15 is 0 Å². The summed E-state index contributed by atoms with van der Waals surface area (Å²) in [7, 11) is 0.0364. The van der Waals surface area contributed by atoms with Crippen molar-refractivity contribution in [2.24, 2.45) is 0 Å². The van der Waals surface area contributed by atoms with Gasteiger partial charge in [-0.05, 0) is 63.6 Å². The summed E-state index contributed by atoms with van der Waals surface area (Å²) in [6.07, 6.45) is 12.6. The lowest BCUT2D eigenvalue weighted by Gasteiger charge is -2.26. The van der Waals surface area contributed by atoms with Gasteiger partial charge in [-0.1, -0.05) is 55.4 Å². The van der Waals surface area contributed by atoms with E-state index in [-0.39, 0.29) is 35.1 Å². The highest BCUT2D eigenvalue weighted by Gasteiger charge is 2.44. The highest BCUT2D eigenvalue weighted by Crippen LogP contribution is 2.48. The third kappa shape index (κ3) is 7.39. The molecule has 0 spiro atoms. The molecule has 2 aromatic rings. The summed E-state index contributed by atoms with van der Waals surface area (Å²) in [6.45, 7) is 13.5. The van der Waals surface area contributed by atoms with Crippen molar-refractivity contribution >= 4 is 39.1 Å². The molecule has 0 aromatic heterocycles. The topological polar surface area (TPSA) is 102 Å². The third-order valence-electron chi connectivity index (χ3n) is 9.18. The van der Waals surface area contributed by atoms with Crippen LogP contribution in [0.25, 0.3) is 0 Å². The standard InChI is InChI=1S/C38H47N2O7S/c1-26(12-10-14-33-37(3,4)29-24-27(2)16-18-31(29)39(33)22-20-35(41)45-7)13-11-15-34-38(5,6)30-25-28(48(43,44)47-9)17-19-32(30)40(34)23-21-36(42)46-8/h10-19,24-25H,20-23H2,1-9H3/q+1. The maximum absolute atomic E-state index is 12.5. The van der Waals surface area contributed by atoms with E-state index in [9.17, 15) is 18.0 Å². The van der Waals surface area contributed by atoms with Crippen LogP contribution in [0.4, 0.5) is 11.4 Å². The number of methoxy groups -OCH3 is 2. The van der Waals surface area contributed by atoms with E-state index in [1.807, 2.05) is 56.1 Å². The van der Waals surface area contributed by atoms with Crippen molar-refractivity contribution in [3.8, 4) is 0 Å². The summed E-state index contributed by atoms with van der Waals surface area (Å²) in [5.74, 6) is -0.574. The van der Waals surface area contributed by atoms with Crippen molar-refractivity contribution in [2.45, 2.75) is 70.1 Å². The lowest BCUT2D eigenvalue weighted by Crippen LogP contribution is -2.28. The van der Waals surface area contributed by atoms with E-state index in [4.69, 9.17) is 13.7 Å². The van der Waals surface area contributed by atoms with Gasteiger partial charge in [-0.25, -0.2) is 0 Å². The number of fused-ring (bicyclic) bond motifs is 2. The van der Waals surface area contributed by atoms with Gasteiger partial charge in [0.15, 0.2) is 12.3 Å². The molecule has 0 unspecified atom stereocenters. The Labute approximate surface area is 285 Å². The first-order chi connectivity index (χ1) is 22.6. The fourth-order valence-electron chi connectivity index (χ4n) is 6.43. The van der Waals surface area contributed by atoms with Crippen molar-refractivity contribution < 1.29 is 36.2 Å². The molecule has 2 aliphatic rings. The van der Waals surface area contributed by atoms with Gasteiger partial charge in [0, 0.05) is 41.1 Å². The number of hydrogen-bond acceptors (Lipinski definition) is 8. The molecule has 4 rings (SSSR count). The number of allylic oxidation sites excluding steroid dienone is 8. The van der Waals surface area contributed by atoms with E-state index in [1.54, 1.807) is 12.1 Å². The Bertz CT molecular complexity index is 1860. The first-order valence-electron chi connectivity index (χ1n) is 15.9. The summed E-state index contributed by atoms with van der Waals surface area (Å²) < 4.78 is 41.7. The van der Waals surface area contributed by atoms with Crippen LogP contribution in [-0.4, -0.2) is 65.1 Å². The molecule has 0 N–H and O–H groups in total. The van der Waals surface area contributed by atoms with Gasteiger partial charge in [-0.2, -0.15) is 13.0 Å². The number of anilines is 1. The van der Waals surface area contributed by atoms with Crippen LogP contribution >= 0.6 is 0 Å². The van der Waals surface area contributed by atoms with Crippen molar-refractivity contribution in [1.82, 2.24) is 0 Å². The van der Waals surface area contributed by atoms with Gasteiger partial charge in [-0.15, -0.1) is 0 Å². The minimum Gasteiger partial charge on any atom is -0.469 e. The monoisotopic (exact) mass is 675 g/mol. The van der Waals surface area contributed by atoms with Gasteiger partial charge < -0.3 is 14.4 Å². The first-order valence-corrected chi connectivity index (χ1v) is 17.4. The van der Waals surface area contributed by atoms with Gasteiger partial charge in [0.2, 0.25) is 5.69 Å². The highest BCUT2D eigenvalue weighted by molar-refractivity contribution is 7.86. The van der Waals surface area contributed by atoms with Gasteiger partial charge in [0.25, 0.3) is 10.1 Å². The van der Waals surface area contributed by atoms with Crippen LogP contribution < -0.4 is 4.90 Å². The molecule has 10 heteroatoms. The number of nitrogens with zero attached hydrogens (tertiary/aromatic N) is 2. The number of esters is 2. The Morgan fingerprint density at radius 1 is 0.896 bits per heavy atom. The van der Waals surface area contributed by atoms with Gasteiger partial charge in [0.05, 0.1) is 38.1 Å². The highest BCUT2D eigenvalue weighted by atomic mass is 32.2. The molecular formula is C38H47N2O7S+. The van der Waals surface area contributed by atoms with E-state index in [0.717, 1.165) is 41.0 Å². The second-order valence-electron chi connectivity index (χ2n) is 13.1. The molecule has 0 fully saturated rings. The Morgan fingerprint density at radius 2 is 1.58 bits per heavy atom. The number of carbonyl (C=O) groups is 2. The quantitative estimate of drug-likeness (QED) is 0.108. The Morgan fingerprint density at radius 3 is 2.25 bits per heavy atom. The predicted molar refractivity (Wildman–Crippen MR) is 188 cm³/mol. The number of rotatable bonds is 12. The normalized spacial score (nSPS) is 17.8. The smallest absolute Gasteiger partial charge is 0.311 e. The average molecular weight is 676 g/mol. The Hall–Kier alpha value is -4.28. The van der Waals surface area contributed by atoms with Crippen LogP contribution in [0.15, 0.2) is 89.0 Å². The molecule has 2 heterocycles. The zero-order chi connectivity index (χ0) is 35.4. The maximum atomic E-state index is 12.5. The average Bonchev–Trinajstić information content (AvgIpc) is 3.39. The van der Waals surface area contributed by atoms with Gasteiger partial charge in [-0.3, -0.25) is 13.8 Å². The number of benzene rings is 2. The number of carbonyl (C=O) groups excluding carboxylic acids is 2. The Balaban J connectivity index is 1.64. The minimum atomic E-state index is -3.88. The number of aryl methyl sites for hydroxylation is 1. The van der Waals surface area contributed by atoms with Crippen molar-refractivity contribution in [2.75, 3.05) is 39.3 Å². The second-order valence-corrected chi connectivity index (χ2v) is 14.8. The molecule has 0 atom stereocenters. The first kappa shape index (κ1) is 36.6. The van der Waals surface area contributed by atoms with E-state index in [0.29, 0.717) is 13.1 Å². The summed E-state index contributed by atoms with van der Waals surface area (Å²) in [5.41, 5.74) is 7.39. The molecule has 9 nitrogen and oxygen atoms in total. The summed E-state index contributed by atoms with van der Waals surface area (Å²) in [5, 5.41) is 0. The van der Waals surface area contributed by atoms with Crippen LogP contribution in [0, 0.1) is 6.92 Å². The molecule has 0 bridgehead atoms. The van der Waals surface area contributed by atoms with Crippen molar-refractivity contribution in [1.29, 1.82) is 0 Å². The summed E-state index contributed by atoms with van der Waals surface area (Å²) in [4.78, 5) is 26.2. The molecule has 0 aliphatic carbocycles. The number of ether oxygens (including phenoxy) is 2. The predicted octanol–water partition coefficient (Wildman–Crippen LogP) is 6.57. The SMILES string of the molecule is COC(=O)CCN1/C(=C/C=C/C(C)=C/C=C/C2=[N+](CCC(=O)OC)c3ccc(C)cc3C2(C)C)C(C)(C)c2cc(S(=O)(=O)OC)ccc21.